The Hall–Kier alpha value is -1.10. The molecule has 0 N–H and O–H groups in total. The van der Waals surface area contributed by atoms with Crippen LogP contribution < -0.4 is 0 Å². The van der Waals surface area contributed by atoms with E-state index in [1.54, 1.807) is 13.8 Å². The lowest BCUT2D eigenvalue weighted by atomic mass is 9.94. The first-order valence-corrected chi connectivity index (χ1v) is 6.83. The van der Waals surface area contributed by atoms with Crippen molar-refractivity contribution < 1.29 is 19.1 Å². The number of hydrogen-bond donors (Lipinski definition) is 0. The van der Waals surface area contributed by atoms with Gasteiger partial charge in [0.15, 0.2) is 6.10 Å². The number of carbonyl (C=O) groups is 2. The smallest absolute Gasteiger partial charge is 0.334 e. The van der Waals surface area contributed by atoms with Crippen LogP contribution >= 0.6 is 0 Å². The summed E-state index contributed by atoms with van der Waals surface area (Å²) >= 11 is 0. The second-order valence-corrected chi connectivity index (χ2v) is 4.71. The molecule has 0 saturated heterocycles. The van der Waals surface area contributed by atoms with Crippen molar-refractivity contribution in [1.29, 1.82) is 0 Å². The standard InChI is InChI=1S/C15H26O4.B/c1-5-6-7-8-9-14(12(2)16)10-11-19-15(17)13(3)18-4;/h5,13-14H,1,6-11H2,2-4H3;. The maximum atomic E-state index is 11.5. The van der Waals surface area contributed by atoms with Crippen LogP contribution in [0.2, 0.25) is 0 Å². The van der Waals surface area contributed by atoms with Crippen molar-refractivity contribution in [2.75, 3.05) is 13.7 Å². The first-order chi connectivity index (χ1) is 9.02. The molecule has 0 aliphatic heterocycles. The molecule has 0 aromatic carbocycles. The van der Waals surface area contributed by atoms with Crippen molar-refractivity contribution in [3.8, 4) is 0 Å². The first-order valence-electron chi connectivity index (χ1n) is 6.83. The molecule has 2 unspecified atom stereocenters. The van der Waals surface area contributed by atoms with Crippen LogP contribution in [0.15, 0.2) is 12.7 Å². The normalized spacial score (nSPS) is 12.9. The second-order valence-electron chi connectivity index (χ2n) is 4.71. The van der Waals surface area contributed by atoms with Crippen LogP contribution in [0.4, 0.5) is 0 Å². The first kappa shape index (κ1) is 21.2. The predicted molar refractivity (Wildman–Crippen MR) is 80.6 cm³/mol. The molecule has 4 nitrogen and oxygen atoms in total. The monoisotopic (exact) mass is 281 g/mol. The molecule has 0 amide bonds. The van der Waals surface area contributed by atoms with Crippen LogP contribution in [0.5, 0.6) is 0 Å². The van der Waals surface area contributed by atoms with Crippen LogP contribution in [-0.4, -0.2) is 40.0 Å². The quantitative estimate of drug-likeness (QED) is 0.253. The van der Waals surface area contributed by atoms with Crippen molar-refractivity contribution in [3.05, 3.63) is 12.7 Å². The maximum Gasteiger partial charge on any atom is 0.334 e. The molecule has 20 heavy (non-hydrogen) atoms. The molecule has 0 aliphatic carbocycles. The molecule has 0 rings (SSSR count). The molecular formula is C15H26BO4. The van der Waals surface area contributed by atoms with E-state index >= 15 is 0 Å². The minimum atomic E-state index is -0.552. The third-order valence-corrected chi connectivity index (χ3v) is 3.18. The summed E-state index contributed by atoms with van der Waals surface area (Å²) in [6.07, 6.45) is 5.80. The van der Waals surface area contributed by atoms with Crippen molar-refractivity contribution in [1.82, 2.24) is 0 Å². The van der Waals surface area contributed by atoms with Crippen molar-refractivity contribution in [3.63, 3.8) is 0 Å². The summed E-state index contributed by atoms with van der Waals surface area (Å²) in [5, 5.41) is 0. The second kappa shape index (κ2) is 12.9. The van der Waals surface area contributed by atoms with Crippen LogP contribution in [0, 0.1) is 5.92 Å². The minimum absolute atomic E-state index is 0. The average molecular weight is 281 g/mol. The van der Waals surface area contributed by atoms with E-state index in [2.05, 4.69) is 6.58 Å². The number of hydrogen-bond acceptors (Lipinski definition) is 4. The van der Waals surface area contributed by atoms with E-state index in [0.29, 0.717) is 6.42 Å². The Morgan fingerprint density at radius 1 is 1.25 bits per heavy atom. The highest BCUT2D eigenvalue weighted by atomic mass is 16.6. The molecule has 0 fully saturated rings. The predicted octanol–water partition coefficient (Wildman–Crippen LogP) is 2.53. The lowest BCUT2D eigenvalue weighted by Gasteiger charge is -2.15. The molecule has 0 spiro atoms. The Morgan fingerprint density at radius 2 is 1.90 bits per heavy atom. The number of methoxy groups -OCH3 is 1. The van der Waals surface area contributed by atoms with Gasteiger partial charge in [-0.15, -0.1) is 6.58 Å². The van der Waals surface area contributed by atoms with Gasteiger partial charge >= 0.3 is 5.97 Å². The zero-order chi connectivity index (χ0) is 14.7. The molecule has 113 valence electrons. The van der Waals surface area contributed by atoms with Gasteiger partial charge in [-0.3, -0.25) is 4.79 Å². The van der Waals surface area contributed by atoms with Crippen LogP contribution in [0.25, 0.3) is 0 Å². The number of allylic oxidation sites excluding steroid dienone is 1. The molecule has 0 aromatic rings. The highest BCUT2D eigenvalue weighted by molar-refractivity contribution is 5.78. The number of carbonyl (C=O) groups excluding carboxylic acids is 2. The number of Topliss-reactive ketones (excluding diaryl/α,β-unsaturated/α-hetero) is 1. The van der Waals surface area contributed by atoms with Gasteiger partial charge in [-0.25, -0.2) is 4.79 Å². The summed E-state index contributed by atoms with van der Waals surface area (Å²) in [7, 11) is 1.46. The van der Waals surface area contributed by atoms with Gasteiger partial charge in [-0.1, -0.05) is 12.5 Å². The summed E-state index contributed by atoms with van der Waals surface area (Å²) in [5.41, 5.74) is 0. The fourth-order valence-corrected chi connectivity index (χ4v) is 1.75. The molecule has 0 aliphatic rings. The third kappa shape index (κ3) is 9.79. The lowest BCUT2D eigenvalue weighted by Crippen LogP contribution is -2.23. The molecule has 0 saturated carbocycles. The van der Waals surface area contributed by atoms with E-state index in [4.69, 9.17) is 9.47 Å². The van der Waals surface area contributed by atoms with Gasteiger partial charge in [-0.05, 0) is 39.5 Å². The molecule has 5 heteroatoms. The van der Waals surface area contributed by atoms with E-state index < -0.39 is 6.10 Å². The molecule has 2 atom stereocenters. The van der Waals surface area contributed by atoms with Crippen molar-refractivity contribution >= 4 is 20.2 Å². The summed E-state index contributed by atoms with van der Waals surface area (Å²) in [4.78, 5) is 22.9. The Balaban J connectivity index is 0. The summed E-state index contributed by atoms with van der Waals surface area (Å²) in [5.74, 6) is -0.235. The van der Waals surface area contributed by atoms with Gasteiger partial charge in [0.1, 0.15) is 5.78 Å². The van der Waals surface area contributed by atoms with E-state index in [0.717, 1.165) is 25.7 Å². The van der Waals surface area contributed by atoms with E-state index in [1.807, 2.05) is 6.08 Å². The van der Waals surface area contributed by atoms with E-state index in [-0.39, 0.29) is 32.7 Å². The van der Waals surface area contributed by atoms with E-state index in [1.165, 1.54) is 7.11 Å². The van der Waals surface area contributed by atoms with Crippen LogP contribution in [0.3, 0.4) is 0 Å². The van der Waals surface area contributed by atoms with Crippen molar-refractivity contribution in [2.24, 2.45) is 5.92 Å². The maximum absolute atomic E-state index is 11.5. The molecule has 0 aromatic heterocycles. The summed E-state index contributed by atoms with van der Waals surface area (Å²) in [6.45, 7) is 7.18. The van der Waals surface area contributed by atoms with E-state index in [9.17, 15) is 9.59 Å². The Bertz CT molecular complexity index is 292. The van der Waals surface area contributed by atoms with Crippen LogP contribution in [-0.2, 0) is 19.1 Å². The molecule has 0 bridgehead atoms. The minimum Gasteiger partial charge on any atom is -0.464 e. The highest BCUT2D eigenvalue weighted by Crippen LogP contribution is 2.15. The highest BCUT2D eigenvalue weighted by Gasteiger charge is 2.17. The van der Waals surface area contributed by atoms with Crippen LogP contribution in [0.1, 0.15) is 46.0 Å². The van der Waals surface area contributed by atoms with Gasteiger partial charge in [0, 0.05) is 21.4 Å². The number of unbranched alkanes of at least 4 members (excludes halogenated alkanes) is 2. The van der Waals surface area contributed by atoms with Gasteiger partial charge in [-0.2, -0.15) is 0 Å². The zero-order valence-electron chi connectivity index (χ0n) is 12.9. The molecule has 3 radical (unpaired) electrons. The van der Waals surface area contributed by atoms with Gasteiger partial charge < -0.3 is 9.47 Å². The Kier molecular flexibility index (Phi) is 13.7. The summed E-state index contributed by atoms with van der Waals surface area (Å²) < 4.78 is 9.93. The van der Waals surface area contributed by atoms with Gasteiger partial charge in [0.2, 0.25) is 0 Å². The van der Waals surface area contributed by atoms with Gasteiger partial charge in [0.25, 0.3) is 0 Å². The Labute approximate surface area is 124 Å². The van der Waals surface area contributed by atoms with Crippen molar-refractivity contribution in [2.45, 2.75) is 52.1 Å². The molecule has 0 heterocycles. The number of esters is 1. The fraction of sp³-hybridized carbons (Fsp3) is 0.733. The third-order valence-electron chi connectivity index (χ3n) is 3.18. The molecular weight excluding hydrogens is 255 g/mol. The summed E-state index contributed by atoms with van der Waals surface area (Å²) in [6, 6.07) is 0. The largest absolute Gasteiger partial charge is 0.464 e. The fourth-order valence-electron chi connectivity index (χ4n) is 1.75. The Morgan fingerprint density at radius 3 is 2.40 bits per heavy atom. The number of ketones is 1. The topological polar surface area (TPSA) is 52.6 Å². The lowest BCUT2D eigenvalue weighted by molar-refractivity contribution is -0.155. The SMILES string of the molecule is C=CCCCCC(CCOC(=O)C(C)OC)C(C)=O.[B]. The number of rotatable bonds is 11. The zero-order valence-corrected chi connectivity index (χ0v) is 12.9. The number of ether oxygens (including phenoxy) is 2. The average Bonchev–Trinajstić information content (AvgIpc) is 2.39. The van der Waals surface area contributed by atoms with Gasteiger partial charge in [0.05, 0.1) is 6.61 Å².